The van der Waals surface area contributed by atoms with Crippen molar-refractivity contribution in [3.63, 3.8) is 0 Å². The molecule has 1 saturated carbocycles. The summed E-state index contributed by atoms with van der Waals surface area (Å²) in [7, 11) is 0. The SMILES string of the molecule is CCCCC(CCCCCCCCCC(C)C)OC(=O)C1CCCCC1C(=O)O. The molecule has 0 radical (unpaired) electrons. The summed E-state index contributed by atoms with van der Waals surface area (Å²) >= 11 is 0. The molecule has 0 bridgehead atoms. The molecule has 1 N–H and O–H groups in total. The number of aliphatic carboxylic acids is 1. The second kappa shape index (κ2) is 15.7. The van der Waals surface area contributed by atoms with E-state index in [1.54, 1.807) is 0 Å². The molecule has 0 aromatic rings. The molecule has 1 aliphatic carbocycles. The lowest BCUT2D eigenvalue weighted by atomic mass is 9.79. The Balaban J connectivity index is 2.30. The quantitative estimate of drug-likeness (QED) is 0.217. The lowest BCUT2D eigenvalue weighted by Gasteiger charge is -2.28. The van der Waals surface area contributed by atoms with Crippen molar-refractivity contribution in [1.29, 1.82) is 0 Å². The van der Waals surface area contributed by atoms with Gasteiger partial charge in [0.25, 0.3) is 0 Å². The predicted octanol–water partition coefficient (Wildman–Crippen LogP) is 7.15. The van der Waals surface area contributed by atoms with Gasteiger partial charge < -0.3 is 9.84 Å². The lowest BCUT2D eigenvalue weighted by molar-refractivity contribution is -0.164. The molecule has 4 nitrogen and oxygen atoms in total. The zero-order chi connectivity index (χ0) is 21.5. The number of carboxylic acid groups (broad SMARTS) is 1. The van der Waals surface area contributed by atoms with E-state index in [4.69, 9.17) is 4.74 Å². The first-order chi connectivity index (χ1) is 14.0. The van der Waals surface area contributed by atoms with Crippen molar-refractivity contribution < 1.29 is 19.4 Å². The van der Waals surface area contributed by atoms with Gasteiger partial charge in [0.05, 0.1) is 11.8 Å². The van der Waals surface area contributed by atoms with Crippen molar-refractivity contribution in [2.45, 2.75) is 130 Å². The van der Waals surface area contributed by atoms with Gasteiger partial charge in [-0.25, -0.2) is 0 Å². The predicted molar refractivity (Wildman–Crippen MR) is 119 cm³/mol. The molecule has 1 rings (SSSR count). The van der Waals surface area contributed by atoms with Crippen molar-refractivity contribution in [2.75, 3.05) is 0 Å². The zero-order valence-corrected chi connectivity index (χ0v) is 19.3. The van der Waals surface area contributed by atoms with Gasteiger partial charge in [0, 0.05) is 0 Å². The molecule has 3 unspecified atom stereocenters. The van der Waals surface area contributed by atoms with Gasteiger partial charge in [-0.3, -0.25) is 9.59 Å². The largest absolute Gasteiger partial charge is 0.481 e. The normalized spacial score (nSPS) is 20.6. The molecule has 4 heteroatoms. The standard InChI is InChI=1S/C25H46O4/c1-4-5-16-21(17-12-10-8-6-7-9-11-15-20(2)3)29-25(28)23-19-14-13-18-22(23)24(26)27/h20-23H,4-19H2,1-3H3,(H,26,27). The Morgan fingerprint density at radius 3 is 1.90 bits per heavy atom. The highest BCUT2D eigenvalue weighted by Gasteiger charge is 2.37. The molecule has 3 atom stereocenters. The number of carboxylic acids is 1. The highest BCUT2D eigenvalue weighted by atomic mass is 16.5. The second-order valence-corrected chi connectivity index (χ2v) is 9.48. The fourth-order valence-electron chi connectivity index (χ4n) is 4.46. The van der Waals surface area contributed by atoms with Gasteiger partial charge in [-0.15, -0.1) is 0 Å². The van der Waals surface area contributed by atoms with Gasteiger partial charge in [0.1, 0.15) is 6.10 Å². The summed E-state index contributed by atoms with van der Waals surface area (Å²) in [4.78, 5) is 24.2. The van der Waals surface area contributed by atoms with Crippen LogP contribution in [0.5, 0.6) is 0 Å². The number of hydrogen-bond donors (Lipinski definition) is 1. The number of hydrogen-bond acceptors (Lipinski definition) is 3. The highest BCUT2D eigenvalue weighted by Crippen LogP contribution is 2.32. The Morgan fingerprint density at radius 2 is 1.34 bits per heavy atom. The van der Waals surface area contributed by atoms with Gasteiger partial charge in [0.15, 0.2) is 0 Å². The van der Waals surface area contributed by atoms with Crippen LogP contribution in [0.1, 0.15) is 124 Å². The minimum atomic E-state index is -0.842. The highest BCUT2D eigenvalue weighted by molar-refractivity contribution is 5.81. The molecular weight excluding hydrogens is 364 g/mol. The Labute approximate surface area is 179 Å². The molecule has 0 heterocycles. The Kier molecular flexibility index (Phi) is 14.1. The van der Waals surface area contributed by atoms with E-state index >= 15 is 0 Å². The first-order valence-corrected chi connectivity index (χ1v) is 12.4. The van der Waals surface area contributed by atoms with Crippen molar-refractivity contribution in [2.24, 2.45) is 17.8 Å². The number of ether oxygens (including phenoxy) is 1. The molecule has 0 aliphatic heterocycles. The topological polar surface area (TPSA) is 63.6 Å². The molecule has 170 valence electrons. The maximum atomic E-state index is 12.7. The first kappa shape index (κ1) is 26.0. The summed E-state index contributed by atoms with van der Waals surface area (Å²) < 4.78 is 5.85. The van der Waals surface area contributed by atoms with Gasteiger partial charge >= 0.3 is 11.9 Å². The summed E-state index contributed by atoms with van der Waals surface area (Å²) in [6.07, 6.45) is 17.3. The number of carbonyl (C=O) groups excluding carboxylic acids is 1. The van der Waals surface area contributed by atoms with E-state index in [0.717, 1.165) is 50.9 Å². The van der Waals surface area contributed by atoms with Crippen molar-refractivity contribution in [3.05, 3.63) is 0 Å². The molecular formula is C25H46O4. The third-order valence-electron chi connectivity index (χ3n) is 6.36. The van der Waals surface area contributed by atoms with Crippen LogP contribution in [0.15, 0.2) is 0 Å². The molecule has 1 aliphatic rings. The van der Waals surface area contributed by atoms with Gasteiger partial charge in [-0.2, -0.15) is 0 Å². The number of rotatable bonds is 16. The first-order valence-electron chi connectivity index (χ1n) is 12.4. The number of carbonyl (C=O) groups is 2. The smallest absolute Gasteiger partial charge is 0.310 e. The summed E-state index contributed by atoms with van der Waals surface area (Å²) in [5.74, 6) is -1.29. The van der Waals surface area contributed by atoms with Gasteiger partial charge in [-0.05, 0) is 38.0 Å². The number of esters is 1. The number of unbranched alkanes of at least 4 members (excludes halogenated alkanes) is 7. The molecule has 0 spiro atoms. The minimum absolute atomic E-state index is 0.0372. The van der Waals surface area contributed by atoms with Crippen LogP contribution in [-0.2, 0) is 14.3 Å². The summed E-state index contributed by atoms with van der Waals surface area (Å²) in [5, 5.41) is 9.43. The van der Waals surface area contributed by atoms with Gasteiger partial charge in [0.2, 0.25) is 0 Å². The van der Waals surface area contributed by atoms with E-state index in [1.165, 1.54) is 44.9 Å². The van der Waals surface area contributed by atoms with Crippen LogP contribution in [0.2, 0.25) is 0 Å². The Bertz CT molecular complexity index is 446. The van der Waals surface area contributed by atoms with E-state index in [-0.39, 0.29) is 12.1 Å². The average Bonchev–Trinajstić information content (AvgIpc) is 2.70. The van der Waals surface area contributed by atoms with E-state index in [1.807, 2.05) is 0 Å². The zero-order valence-electron chi connectivity index (χ0n) is 19.3. The fourth-order valence-corrected chi connectivity index (χ4v) is 4.46. The minimum Gasteiger partial charge on any atom is -0.481 e. The Hall–Kier alpha value is -1.06. The maximum Gasteiger partial charge on any atom is 0.310 e. The summed E-state index contributed by atoms with van der Waals surface area (Å²) in [6, 6.07) is 0. The van der Waals surface area contributed by atoms with Crippen molar-refractivity contribution >= 4 is 11.9 Å². The van der Waals surface area contributed by atoms with E-state index in [2.05, 4.69) is 20.8 Å². The molecule has 0 aromatic heterocycles. The van der Waals surface area contributed by atoms with Crippen molar-refractivity contribution in [1.82, 2.24) is 0 Å². The summed E-state index contributed by atoms with van der Waals surface area (Å²) in [6.45, 7) is 6.73. The van der Waals surface area contributed by atoms with Crippen LogP contribution in [0.25, 0.3) is 0 Å². The monoisotopic (exact) mass is 410 g/mol. The molecule has 0 aromatic carbocycles. The van der Waals surface area contributed by atoms with Crippen LogP contribution in [0.3, 0.4) is 0 Å². The van der Waals surface area contributed by atoms with Crippen LogP contribution < -0.4 is 0 Å². The van der Waals surface area contributed by atoms with Gasteiger partial charge in [-0.1, -0.05) is 91.4 Å². The van der Waals surface area contributed by atoms with E-state index in [0.29, 0.717) is 12.8 Å². The molecule has 1 fully saturated rings. The van der Waals surface area contributed by atoms with Crippen LogP contribution in [-0.4, -0.2) is 23.1 Å². The fraction of sp³-hybridized carbons (Fsp3) is 0.920. The second-order valence-electron chi connectivity index (χ2n) is 9.48. The van der Waals surface area contributed by atoms with Crippen LogP contribution in [0.4, 0.5) is 0 Å². The van der Waals surface area contributed by atoms with E-state index in [9.17, 15) is 14.7 Å². The lowest BCUT2D eigenvalue weighted by Crippen LogP contribution is -2.35. The third kappa shape index (κ3) is 11.6. The molecule has 0 saturated heterocycles. The average molecular weight is 411 g/mol. The molecule has 0 amide bonds. The third-order valence-corrected chi connectivity index (χ3v) is 6.36. The van der Waals surface area contributed by atoms with E-state index < -0.39 is 17.8 Å². The maximum absolute atomic E-state index is 12.7. The van der Waals surface area contributed by atoms with Crippen LogP contribution in [0, 0.1) is 17.8 Å². The molecule has 29 heavy (non-hydrogen) atoms. The van der Waals surface area contributed by atoms with Crippen LogP contribution >= 0.6 is 0 Å². The Morgan fingerprint density at radius 1 is 0.828 bits per heavy atom. The summed E-state index contributed by atoms with van der Waals surface area (Å²) in [5.41, 5.74) is 0. The van der Waals surface area contributed by atoms with Crippen molar-refractivity contribution in [3.8, 4) is 0 Å².